The lowest BCUT2D eigenvalue weighted by atomic mass is 9.64. The van der Waals surface area contributed by atoms with Gasteiger partial charge in [0.2, 0.25) is 0 Å². The van der Waals surface area contributed by atoms with Crippen LogP contribution in [0.4, 0.5) is 13.2 Å². The Morgan fingerprint density at radius 2 is 2.00 bits per heavy atom. The van der Waals surface area contributed by atoms with Gasteiger partial charge in [-0.25, -0.2) is 0 Å². The molecule has 1 saturated carbocycles. The third-order valence-electron chi connectivity index (χ3n) is 6.82. The van der Waals surface area contributed by atoms with Crippen LogP contribution in [-0.4, -0.2) is 40.2 Å². The van der Waals surface area contributed by atoms with E-state index in [2.05, 4.69) is 5.10 Å². The number of fused-ring (bicyclic) bond motifs is 1. The molecular weight excluding hydrogens is 397 g/mol. The summed E-state index contributed by atoms with van der Waals surface area (Å²) in [6.07, 6.45) is -3.07. The highest BCUT2D eigenvalue weighted by atomic mass is 19.4. The number of aryl methyl sites for hydroxylation is 1. The van der Waals surface area contributed by atoms with Crippen molar-refractivity contribution in [3.05, 3.63) is 29.8 Å². The number of nitrogens with zero attached hydrogens (tertiary/aromatic N) is 2. The van der Waals surface area contributed by atoms with E-state index in [1.807, 2.05) is 20.8 Å². The Bertz CT molecular complexity index is 837. The zero-order valence-electron chi connectivity index (χ0n) is 17.8. The van der Waals surface area contributed by atoms with Gasteiger partial charge in [0, 0.05) is 5.71 Å². The van der Waals surface area contributed by atoms with Crippen LogP contribution in [0.25, 0.3) is 0 Å². The Hall–Kier alpha value is -2.09. The van der Waals surface area contributed by atoms with E-state index in [1.165, 1.54) is 0 Å². The highest BCUT2D eigenvalue weighted by Gasteiger charge is 2.69. The van der Waals surface area contributed by atoms with Crippen molar-refractivity contribution in [3.8, 4) is 5.75 Å². The molecule has 1 aromatic carbocycles. The van der Waals surface area contributed by atoms with Gasteiger partial charge in [-0.15, -0.1) is 0 Å². The van der Waals surface area contributed by atoms with Crippen LogP contribution in [0.5, 0.6) is 5.75 Å². The SMILES string of the molecule is CCC(C)(C)[C@@H]1CCC2=NN(C(=O)COc3ccccc3C)[C@@](O)(C(F)(F)F)[C@@H]2C1. The summed E-state index contributed by atoms with van der Waals surface area (Å²) in [6.45, 7) is 7.19. The quantitative estimate of drug-likeness (QED) is 0.744. The lowest BCUT2D eigenvalue weighted by molar-refractivity contribution is -0.318. The van der Waals surface area contributed by atoms with Crippen molar-refractivity contribution in [2.75, 3.05) is 6.61 Å². The number of para-hydroxylation sites is 1. The number of alkyl halides is 3. The van der Waals surface area contributed by atoms with E-state index in [1.54, 1.807) is 31.2 Å². The summed E-state index contributed by atoms with van der Waals surface area (Å²) in [7, 11) is 0. The second kappa shape index (κ2) is 7.87. The van der Waals surface area contributed by atoms with Crippen molar-refractivity contribution < 1.29 is 27.8 Å². The molecule has 2 aliphatic rings. The Balaban J connectivity index is 1.85. The van der Waals surface area contributed by atoms with Crippen LogP contribution >= 0.6 is 0 Å². The Kier molecular flexibility index (Phi) is 5.93. The van der Waals surface area contributed by atoms with E-state index in [4.69, 9.17) is 4.74 Å². The Labute approximate surface area is 174 Å². The van der Waals surface area contributed by atoms with Crippen molar-refractivity contribution in [1.29, 1.82) is 0 Å². The van der Waals surface area contributed by atoms with Crippen LogP contribution in [0.1, 0.15) is 52.0 Å². The van der Waals surface area contributed by atoms with Gasteiger partial charge >= 0.3 is 6.18 Å². The highest BCUT2D eigenvalue weighted by Crippen LogP contribution is 2.52. The van der Waals surface area contributed by atoms with E-state index >= 15 is 0 Å². The summed E-state index contributed by atoms with van der Waals surface area (Å²) in [5.74, 6) is -1.88. The fraction of sp³-hybridized carbons (Fsp3) is 0.636. The molecular formula is C22H29F3N2O3. The number of carbonyl (C=O) groups is 1. The van der Waals surface area contributed by atoms with Crippen LogP contribution in [0.3, 0.4) is 0 Å². The van der Waals surface area contributed by atoms with Crippen LogP contribution in [0.15, 0.2) is 29.4 Å². The zero-order valence-corrected chi connectivity index (χ0v) is 17.8. The van der Waals surface area contributed by atoms with E-state index in [0.29, 0.717) is 18.6 Å². The molecule has 1 aliphatic heterocycles. The smallest absolute Gasteiger partial charge is 0.439 e. The lowest BCUT2D eigenvalue weighted by Gasteiger charge is -2.43. The van der Waals surface area contributed by atoms with Crippen LogP contribution < -0.4 is 4.74 Å². The van der Waals surface area contributed by atoms with Crippen molar-refractivity contribution in [3.63, 3.8) is 0 Å². The number of hydrazone groups is 1. The second-order valence-corrected chi connectivity index (χ2v) is 8.94. The van der Waals surface area contributed by atoms with Gasteiger partial charge in [0.25, 0.3) is 11.6 Å². The average Bonchev–Trinajstić information content (AvgIpc) is 3.00. The number of rotatable bonds is 5. The maximum Gasteiger partial charge on any atom is 0.439 e. The number of hydrogen-bond acceptors (Lipinski definition) is 4. The van der Waals surface area contributed by atoms with Gasteiger partial charge in [-0.2, -0.15) is 23.3 Å². The van der Waals surface area contributed by atoms with Crippen LogP contribution in [0, 0.1) is 24.2 Å². The first-order valence-electron chi connectivity index (χ1n) is 10.3. The molecule has 0 bridgehead atoms. The van der Waals surface area contributed by atoms with Crippen molar-refractivity contribution in [2.24, 2.45) is 22.4 Å². The molecule has 1 aromatic rings. The summed E-state index contributed by atoms with van der Waals surface area (Å²) in [5, 5.41) is 15.0. The fourth-order valence-corrected chi connectivity index (χ4v) is 4.38. The summed E-state index contributed by atoms with van der Waals surface area (Å²) in [5.41, 5.74) is -2.52. The molecule has 1 aliphatic carbocycles. The largest absolute Gasteiger partial charge is 0.483 e. The van der Waals surface area contributed by atoms with Crippen LogP contribution in [0.2, 0.25) is 0 Å². The van der Waals surface area contributed by atoms with Crippen molar-refractivity contribution in [2.45, 2.75) is 65.3 Å². The standard InChI is InChI=1S/C22H29F3N2O3/c1-5-20(3,4)15-10-11-17-16(12-15)21(29,22(23,24)25)27(26-17)19(28)13-30-18-9-7-6-8-14(18)2/h6-9,15-16,29H,5,10-13H2,1-4H3/t15-,16-,21+/m1/s1. The molecule has 0 saturated heterocycles. The molecule has 1 N–H and O–H groups in total. The third kappa shape index (κ3) is 3.82. The minimum absolute atomic E-state index is 0.00130. The summed E-state index contributed by atoms with van der Waals surface area (Å²) < 4.78 is 47.7. The van der Waals surface area contributed by atoms with E-state index in [-0.39, 0.29) is 28.5 Å². The predicted octanol–water partition coefficient (Wildman–Crippen LogP) is 4.68. The Morgan fingerprint density at radius 1 is 1.33 bits per heavy atom. The maximum absolute atomic E-state index is 14.1. The monoisotopic (exact) mass is 426 g/mol. The summed E-state index contributed by atoms with van der Waals surface area (Å²) in [4.78, 5) is 12.7. The van der Waals surface area contributed by atoms with Crippen LogP contribution in [-0.2, 0) is 4.79 Å². The van der Waals surface area contributed by atoms with Gasteiger partial charge in [-0.3, -0.25) is 4.79 Å². The first-order valence-corrected chi connectivity index (χ1v) is 10.3. The van der Waals surface area contributed by atoms with Crippen molar-refractivity contribution in [1.82, 2.24) is 5.01 Å². The molecule has 3 atom stereocenters. The van der Waals surface area contributed by atoms with Gasteiger partial charge < -0.3 is 9.84 Å². The molecule has 0 radical (unpaired) electrons. The Morgan fingerprint density at radius 3 is 2.60 bits per heavy atom. The number of ether oxygens (including phenoxy) is 1. The minimum Gasteiger partial charge on any atom is -0.483 e. The zero-order chi connectivity index (χ0) is 22.3. The first-order chi connectivity index (χ1) is 13.9. The topological polar surface area (TPSA) is 62.1 Å². The van der Waals surface area contributed by atoms with Gasteiger partial charge in [0.15, 0.2) is 6.61 Å². The number of hydrogen-bond donors (Lipinski definition) is 1. The summed E-state index contributed by atoms with van der Waals surface area (Å²) in [6, 6.07) is 6.90. The molecule has 1 heterocycles. The maximum atomic E-state index is 14.1. The normalized spacial score (nSPS) is 26.9. The third-order valence-corrected chi connectivity index (χ3v) is 6.82. The molecule has 1 fully saturated rings. The molecule has 5 nitrogen and oxygen atoms in total. The number of carbonyl (C=O) groups excluding carboxylic acids is 1. The number of benzene rings is 1. The van der Waals surface area contributed by atoms with Gasteiger partial charge in [0.1, 0.15) is 5.75 Å². The molecule has 8 heteroatoms. The molecule has 1 amide bonds. The van der Waals surface area contributed by atoms with Gasteiger partial charge in [-0.1, -0.05) is 45.4 Å². The molecule has 166 valence electrons. The molecule has 0 spiro atoms. The summed E-state index contributed by atoms with van der Waals surface area (Å²) >= 11 is 0. The molecule has 0 unspecified atom stereocenters. The molecule has 30 heavy (non-hydrogen) atoms. The lowest BCUT2D eigenvalue weighted by Crippen LogP contribution is -2.62. The first kappa shape index (κ1) is 22.6. The number of halogens is 3. The second-order valence-electron chi connectivity index (χ2n) is 8.94. The van der Waals surface area contributed by atoms with E-state index in [9.17, 15) is 23.1 Å². The predicted molar refractivity (Wildman–Crippen MR) is 107 cm³/mol. The fourth-order valence-electron chi connectivity index (χ4n) is 4.38. The average molecular weight is 426 g/mol. The molecule has 0 aromatic heterocycles. The molecule has 3 rings (SSSR count). The number of amides is 1. The van der Waals surface area contributed by atoms with E-state index < -0.39 is 30.3 Å². The van der Waals surface area contributed by atoms with Gasteiger partial charge in [0.05, 0.1) is 5.92 Å². The van der Waals surface area contributed by atoms with Gasteiger partial charge in [-0.05, 0) is 49.1 Å². The van der Waals surface area contributed by atoms with E-state index in [0.717, 1.165) is 12.0 Å². The minimum atomic E-state index is -5.04. The van der Waals surface area contributed by atoms with Crippen molar-refractivity contribution >= 4 is 11.6 Å². The number of aliphatic hydroxyl groups is 1. The highest BCUT2D eigenvalue weighted by molar-refractivity contribution is 5.93.